The molecule has 6 heteroatoms. The normalized spacial score (nSPS) is 13.2. The van der Waals surface area contributed by atoms with Crippen molar-refractivity contribution in [1.29, 1.82) is 0 Å². The fraction of sp³-hybridized carbons (Fsp3) is 0.549. The van der Waals surface area contributed by atoms with E-state index in [-0.39, 0.29) is 38.0 Å². The number of rotatable bonds is 37. The molecule has 1 unspecified atom stereocenters. The first-order chi connectivity index (χ1) is 28.0. The number of carbonyl (C=O) groups is 3. The van der Waals surface area contributed by atoms with Crippen LogP contribution in [0.4, 0.5) is 0 Å². The van der Waals surface area contributed by atoms with Crippen LogP contribution in [0.3, 0.4) is 0 Å². The Balaban J connectivity index is 4.58. The maximum Gasteiger partial charge on any atom is 0.306 e. The molecule has 0 aromatic heterocycles. The molecule has 318 valence electrons. The number of hydrogen-bond acceptors (Lipinski definition) is 6. The molecular weight excluding hydrogens is 709 g/mol. The zero-order valence-corrected chi connectivity index (χ0v) is 36.0. The van der Waals surface area contributed by atoms with E-state index in [9.17, 15) is 14.4 Å². The van der Waals surface area contributed by atoms with E-state index in [2.05, 4.69) is 142 Å². The first kappa shape index (κ1) is 52.8. The molecule has 0 saturated heterocycles. The zero-order chi connectivity index (χ0) is 41.5. The Labute approximate surface area is 348 Å². The van der Waals surface area contributed by atoms with E-state index in [1.165, 1.54) is 12.8 Å². The maximum absolute atomic E-state index is 12.7. The highest BCUT2D eigenvalue weighted by molar-refractivity contribution is 5.71. The quantitative estimate of drug-likeness (QED) is 0.0205. The van der Waals surface area contributed by atoms with Gasteiger partial charge in [0.1, 0.15) is 13.2 Å². The predicted octanol–water partition coefficient (Wildman–Crippen LogP) is 14.2. The number of ether oxygens (including phenoxy) is 3. The zero-order valence-electron chi connectivity index (χ0n) is 36.0. The van der Waals surface area contributed by atoms with E-state index >= 15 is 0 Å². The smallest absolute Gasteiger partial charge is 0.306 e. The molecule has 0 aromatic carbocycles. The summed E-state index contributed by atoms with van der Waals surface area (Å²) in [5.41, 5.74) is 0. The summed E-state index contributed by atoms with van der Waals surface area (Å²) in [5.74, 6) is -1.09. The largest absolute Gasteiger partial charge is 0.462 e. The van der Waals surface area contributed by atoms with Gasteiger partial charge in [-0.2, -0.15) is 0 Å². The standard InChI is InChI=1S/C51H78O6/c1-4-7-10-13-16-19-22-23-24-25-26-27-30-32-35-38-41-44-50(53)56-47-48(57-51(54)45-42-39-36-33-29-21-18-15-12-9-6-3)46-55-49(52)43-40-37-34-31-28-20-17-14-11-8-5-2/h7,9-10,12,14,16-21,23-24,26-28,32-33,35-36,48H,4-6,8,11,13,15,22,25,29-31,34,37-47H2,1-3H3/b10-7-,12-9-,17-14-,19-16-,21-18-,24-23-,27-26-,28-20-,35-32-,36-33-. The molecule has 0 fully saturated rings. The van der Waals surface area contributed by atoms with Crippen LogP contribution in [0.2, 0.25) is 0 Å². The van der Waals surface area contributed by atoms with Crippen LogP contribution in [0.1, 0.15) is 162 Å². The van der Waals surface area contributed by atoms with E-state index in [1.54, 1.807) is 0 Å². The van der Waals surface area contributed by atoms with Gasteiger partial charge in [-0.25, -0.2) is 0 Å². The SMILES string of the molecule is CC/C=C\C/C=C\C/C=C\C/C=C\C/C=C\CCCC(=O)OCC(COC(=O)CCCCC/C=C\C=C/CCCC)OC(=O)CCC/C=C\C/C=C\C/C=C\CC. The first-order valence-electron chi connectivity index (χ1n) is 22.1. The number of esters is 3. The average Bonchev–Trinajstić information content (AvgIpc) is 3.21. The summed E-state index contributed by atoms with van der Waals surface area (Å²) in [6, 6.07) is 0. The first-order valence-corrected chi connectivity index (χ1v) is 22.1. The van der Waals surface area contributed by atoms with Gasteiger partial charge in [0.05, 0.1) is 0 Å². The van der Waals surface area contributed by atoms with Gasteiger partial charge in [-0.15, -0.1) is 0 Å². The molecule has 0 radical (unpaired) electrons. The van der Waals surface area contributed by atoms with Crippen LogP contribution in [0.5, 0.6) is 0 Å². The van der Waals surface area contributed by atoms with Gasteiger partial charge in [-0.3, -0.25) is 14.4 Å². The van der Waals surface area contributed by atoms with Crippen LogP contribution >= 0.6 is 0 Å². The third-order valence-electron chi connectivity index (χ3n) is 8.46. The second-order valence-electron chi connectivity index (χ2n) is 13.9. The molecule has 0 amide bonds. The Morgan fingerprint density at radius 2 is 0.754 bits per heavy atom. The Kier molecular flexibility index (Phi) is 41.3. The van der Waals surface area contributed by atoms with E-state index in [0.717, 1.165) is 96.3 Å². The van der Waals surface area contributed by atoms with Gasteiger partial charge < -0.3 is 14.2 Å². The average molecular weight is 787 g/mol. The predicted molar refractivity (Wildman–Crippen MR) is 242 cm³/mol. The minimum absolute atomic E-state index is 0.134. The lowest BCUT2D eigenvalue weighted by Crippen LogP contribution is -2.30. The van der Waals surface area contributed by atoms with E-state index < -0.39 is 12.1 Å². The lowest BCUT2D eigenvalue weighted by Gasteiger charge is -2.18. The monoisotopic (exact) mass is 787 g/mol. The summed E-state index contributed by atoms with van der Waals surface area (Å²) in [5, 5.41) is 0. The van der Waals surface area contributed by atoms with Gasteiger partial charge in [0, 0.05) is 19.3 Å². The van der Waals surface area contributed by atoms with Crippen molar-refractivity contribution in [2.75, 3.05) is 13.2 Å². The molecule has 0 spiro atoms. The second kappa shape index (κ2) is 44.5. The summed E-state index contributed by atoms with van der Waals surface area (Å²) in [6.07, 6.45) is 60.6. The molecule has 0 aliphatic carbocycles. The van der Waals surface area contributed by atoms with Crippen molar-refractivity contribution in [2.45, 2.75) is 168 Å². The van der Waals surface area contributed by atoms with Crippen molar-refractivity contribution in [1.82, 2.24) is 0 Å². The Morgan fingerprint density at radius 3 is 1.19 bits per heavy atom. The van der Waals surface area contributed by atoms with Crippen molar-refractivity contribution in [3.63, 3.8) is 0 Å². The van der Waals surface area contributed by atoms with Gasteiger partial charge in [0.25, 0.3) is 0 Å². The van der Waals surface area contributed by atoms with Crippen LogP contribution in [0.25, 0.3) is 0 Å². The molecule has 6 nitrogen and oxygen atoms in total. The minimum Gasteiger partial charge on any atom is -0.462 e. The van der Waals surface area contributed by atoms with Crippen molar-refractivity contribution in [3.8, 4) is 0 Å². The molecule has 0 heterocycles. The lowest BCUT2D eigenvalue weighted by atomic mass is 10.1. The van der Waals surface area contributed by atoms with Crippen molar-refractivity contribution in [3.05, 3.63) is 122 Å². The maximum atomic E-state index is 12.7. The fourth-order valence-electron chi connectivity index (χ4n) is 5.18. The fourth-order valence-corrected chi connectivity index (χ4v) is 5.18. The molecule has 1 atom stereocenters. The van der Waals surface area contributed by atoms with Crippen molar-refractivity contribution in [2.24, 2.45) is 0 Å². The summed E-state index contributed by atoms with van der Waals surface area (Å²) in [4.78, 5) is 37.6. The molecule has 0 aliphatic heterocycles. The molecule has 0 N–H and O–H groups in total. The highest BCUT2D eigenvalue weighted by Gasteiger charge is 2.19. The highest BCUT2D eigenvalue weighted by atomic mass is 16.6. The topological polar surface area (TPSA) is 78.9 Å². The van der Waals surface area contributed by atoms with Gasteiger partial charge in [-0.1, -0.05) is 162 Å². The number of hydrogen-bond donors (Lipinski definition) is 0. The van der Waals surface area contributed by atoms with E-state index in [4.69, 9.17) is 14.2 Å². The number of carbonyl (C=O) groups excluding carboxylic acids is 3. The molecule has 0 saturated carbocycles. The Bertz CT molecular complexity index is 1270. The molecule has 57 heavy (non-hydrogen) atoms. The van der Waals surface area contributed by atoms with Crippen LogP contribution in [0.15, 0.2) is 122 Å². The molecular formula is C51H78O6. The van der Waals surface area contributed by atoms with Gasteiger partial charge in [0.2, 0.25) is 0 Å². The van der Waals surface area contributed by atoms with Crippen molar-refractivity contribution < 1.29 is 28.6 Å². The number of allylic oxidation sites excluding steroid dienone is 20. The van der Waals surface area contributed by atoms with E-state index in [0.29, 0.717) is 19.3 Å². The third-order valence-corrected chi connectivity index (χ3v) is 8.46. The van der Waals surface area contributed by atoms with E-state index in [1.807, 2.05) is 0 Å². The van der Waals surface area contributed by atoms with Gasteiger partial charge >= 0.3 is 17.9 Å². The van der Waals surface area contributed by atoms with Crippen LogP contribution in [-0.4, -0.2) is 37.2 Å². The third kappa shape index (κ3) is 42.8. The molecule has 0 rings (SSSR count). The molecule has 0 bridgehead atoms. The lowest BCUT2D eigenvalue weighted by molar-refractivity contribution is -0.167. The minimum atomic E-state index is -0.839. The van der Waals surface area contributed by atoms with Gasteiger partial charge in [-0.05, 0) is 103 Å². The van der Waals surface area contributed by atoms with Crippen LogP contribution in [-0.2, 0) is 28.6 Å². The molecule has 0 aromatic rings. The molecule has 0 aliphatic rings. The van der Waals surface area contributed by atoms with Crippen molar-refractivity contribution >= 4 is 17.9 Å². The number of unbranched alkanes of at least 4 members (excludes halogenated alkanes) is 7. The summed E-state index contributed by atoms with van der Waals surface area (Å²) in [6.45, 7) is 6.18. The Morgan fingerprint density at radius 1 is 0.386 bits per heavy atom. The van der Waals surface area contributed by atoms with Crippen LogP contribution in [0, 0.1) is 0 Å². The van der Waals surface area contributed by atoms with Crippen LogP contribution < -0.4 is 0 Å². The Hall–Kier alpha value is -4.19. The highest BCUT2D eigenvalue weighted by Crippen LogP contribution is 2.09. The summed E-state index contributed by atoms with van der Waals surface area (Å²) >= 11 is 0. The van der Waals surface area contributed by atoms with Gasteiger partial charge in [0.15, 0.2) is 6.10 Å². The summed E-state index contributed by atoms with van der Waals surface area (Å²) < 4.78 is 16.5. The summed E-state index contributed by atoms with van der Waals surface area (Å²) in [7, 11) is 0. The second-order valence-corrected chi connectivity index (χ2v) is 13.9.